The van der Waals surface area contributed by atoms with Gasteiger partial charge < -0.3 is 19.2 Å². The van der Waals surface area contributed by atoms with Gasteiger partial charge in [-0.05, 0) is 55.5 Å². The van der Waals surface area contributed by atoms with Crippen molar-refractivity contribution in [2.24, 2.45) is 0 Å². The van der Waals surface area contributed by atoms with Crippen LogP contribution in [0.4, 0.5) is 5.69 Å². The average molecular weight is 361 g/mol. The van der Waals surface area contributed by atoms with Crippen LogP contribution in [0.5, 0.6) is 11.5 Å². The summed E-state index contributed by atoms with van der Waals surface area (Å²) in [6.07, 6.45) is 0. The molecule has 0 saturated carbocycles. The number of nitrogens with one attached hydrogen (secondary N) is 1. The molecule has 136 valence electrons. The van der Waals surface area contributed by atoms with Crippen molar-refractivity contribution in [1.29, 1.82) is 0 Å². The zero-order valence-corrected chi connectivity index (χ0v) is 14.9. The van der Waals surface area contributed by atoms with Gasteiger partial charge in [-0.15, -0.1) is 0 Å². The molecule has 5 nitrogen and oxygen atoms in total. The molecule has 0 saturated heterocycles. The normalized spacial score (nSPS) is 10.9. The fourth-order valence-corrected chi connectivity index (χ4v) is 2.95. The zero-order valence-electron chi connectivity index (χ0n) is 14.9. The lowest BCUT2D eigenvalue weighted by Crippen LogP contribution is -2.20. The molecule has 1 N–H and O–H groups in total. The summed E-state index contributed by atoms with van der Waals surface area (Å²) < 4.78 is 16.7. The highest BCUT2D eigenvalue weighted by atomic mass is 16.5. The number of carbonyl (C=O) groups is 1. The largest absolute Gasteiger partial charge is 0.494 e. The van der Waals surface area contributed by atoms with Gasteiger partial charge in [0, 0.05) is 16.5 Å². The number of furan rings is 1. The summed E-state index contributed by atoms with van der Waals surface area (Å²) in [5, 5.41) is 4.85. The van der Waals surface area contributed by atoms with E-state index in [1.54, 1.807) is 12.1 Å². The third-order valence-electron chi connectivity index (χ3n) is 4.17. The molecule has 1 heterocycles. The van der Waals surface area contributed by atoms with Crippen molar-refractivity contribution in [2.75, 3.05) is 18.5 Å². The topological polar surface area (TPSA) is 60.7 Å². The first-order chi connectivity index (χ1) is 13.2. The van der Waals surface area contributed by atoms with Crippen molar-refractivity contribution < 1.29 is 18.7 Å². The van der Waals surface area contributed by atoms with Crippen LogP contribution in [-0.4, -0.2) is 19.1 Å². The van der Waals surface area contributed by atoms with Crippen LogP contribution in [0.25, 0.3) is 21.9 Å². The number of ether oxygens (including phenoxy) is 2. The minimum absolute atomic E-state index is 0.0713. The molecule has 0 aliphatic carbocycles. The molecule has 5 heteroatoms. The molecular formula is C22H19NO4. The summed E-state index contributed by atoms with van der Waals surface area (Å²) in [4.78, 5) is 12.2. The maximum atomic E-state index is 12.2. The van der Waals surface area contributed by atoms with E-state index >= 15 is 0 Å². The van der Waals surface area contributed by atoms with E-state index in [1.165, 1.54) is 0 Å². The SMILES string of the molecule is CCOc1ccc(OCC(=O)Nc2ccc3oc4ccccc4c3c2)cc1. The Kier molecular flexibility index (Phi) is 4.66. The smallest absolute Gasteiger partial charge is 0.262 e. The Morgan fingerprint density at radius 3 is 2.37 bits per heavy atom. The van der Waals surface area contributed by atoms with Crippen LogP contribution in [0.1, 0.15) is 6.92 Å². The molecule has 1 aromatic heterocycles. The van der Waals surface area contributed by atoms with Crippen LogP contribution in [0.15, 0.2) is 71.1 Å². The Hall–Kier alpha value is -3.47. The molecule has 27 heavy (non-hydrogen) atoms. The van der Waals surface area contributed by atoms with Gasteiger partial charge in [0.05, 0.1) is 6.61 Å². The Labute approximate surface area is 156 Å². The second-order valence-electron chi connectivity index (χ2n) is 6.05. The molecule has 4 aromatic rings. The predicted octanol–water partition coefficient (Wildman–Crippen LogP) is 5.00. The molecule has 0 aliphatic heterocycles. The number of rotatable bonds is 6. The van der Waals surface area contributed by atoms with Crippen molar-refractivity contribution in [3.8, 4) is 11.5 Å². The second kappa shape index (κ2) is 7.41. The highest BCUT2D eigenvalue weighted by Gasteiger charge is 2.09. The van der Waals surface area contributed by atoms with Crippen LogP contribution in [0, 0.1) is 0 Å². The molecule has 1 amide bonds. The van der Waals surface area contributed by atoms with Gasteiger partial charge >= 0.3 is 0 Å². The predicted molar refractivity (Wildman–Crippen MR) is 105 cm³/mol. The van der Waals surface area contributed by atoms with Crippen molar-refractivity contribution in [2.45, 2.75) is 6.92 Å². The fourth-order valence-electron chi connectivity index (χ4n) is 2.95. The summed E-state index contributed by atoms with van der Waals surface area (Å²) in [7, 11) is 0. The van der Waals surface area contributed by atoms with Gasteiger partial charge in [0.15, 0.2) is 6.61 Å². The number of benzene rings is 3. The van der Waals surface area contributed by atoms with Gasteiger partial charge in [0.2, 0.25) is 0 Å². The Morgan fingerprint density at radius 1 is 0.889 bits per heavy atom. The molecule has 0 aliphatic rings. The van der Waals surface area contributed by atoms with E-state index in [0.717, 1.165) is 27.7 Å². The van der Waals surface area contributed by atoms with E-state index < -0.39 is 0 Å². The summed E-state index contributed by atoms with van der Waals surface area (Å²) in [6, 6.07) is 20.6. The number of hydrogen-bond donors (Lipinski definition) is 1. The van der Waals surface area contributed by atoms with E-state index in [0.29, 0.717) is 18.0 Å². The quantitative estimate of drug-likeness (QED) is 0.525. The van der Waals surface area contributed by atoms with Crippen molar-refractivity contribution >= 4 is 33.5 Å². The molecule has 0 spiro atoms. The minimum Gasteiger partial charge on any atom is -0.494 e. The molecule has 0 fully saturated rings. The number of amides is 1. The van der Waals surface area contributed by atoms with Crippen LogP contribution in [0.2, 0.25) is 0 Å². The maximum Gasteiger partial charge on any atom is 0.262 e. The first-order valence-electron chi connectivity index (χ1n) is 8.80. The number of fused-ring (bicyclic) bond motifs is 3. The third-order valence-corrected chi connectivity index (χ3v) is 4.17. The van der Waals surface area contributed by atoms with Gasteiger partial charge in [-0.25, -0.2) is 0 Å². The standard InChI is InChI=1S/C22H19NO4/c1-2-25-16-8-10-17(11-9-16)26-14-22(24)23-15-7-12-21-19(13-15)18-5-3-4-6-20(18)27-21/h3-13H,2,14H2,1H3,(H,23,24). The highest BCUT2D eigenvalue weighted by Crippen LogP contribution is 2.30. The number of para-hydroxylation sites is 1. The third kappa shape index (κ3) is 3.72. The molecule has 0 bridgehead atoms. The fraction of sp³-hybridized carbons (Fsp3) is 0.136. The summed E-state index contributed by atoms with van der Waals surface area (Å²) in [6.45, 7) is 2.47. The molecule has 3 aromatic carbocycles. The summed E-state index contributed by atoms with van der Waals surface area (Å²) in [5.74, 6) is 1.16. The van der Waals surface area contributed by atoms with Crippen LogP contribution < -0.4 is 14.8 Å². The zero-order chi connectivity index (χ0) is 18.6. The number of hydrogen-bond acceptors (Lipinski definition) is 4. The molecule has 0 radical (unpaired) electrons. The lowest BCUT2D eigenvalue weighted by atomic mass is 10.1. The average Bonchev–Trinajstić information content (AvgIpc) is 3.06. The maximum absolute atomic E-state index is 12.2. The van der Waals surface area contributed by atoms with Gasteiger partial charge in [-0.3, -0.25) is 4.79 Å². The first-order valence-corrected chi connectivity index (χ1v) is 8.80. The monoisotopic (exact) mass is 361 g/mol. The van der Waals surface area contributed by atoms with E-state index in [2.05, 4.69) is 5.32 Å². The first kappa shape index (κ1) is 17.0. The highest BCUT2D eigenvalue weighted by molar-refractivity contribution is 6.07. The Bertz CT molecular complexity index is 1080. The number of anilines is 1. The second-order valence-corrected chi connectivity index (χ2v) is 6.05. The van der Waals surface area contributed by atoms with Gasteiger partial charge in [0.25, 0.3) is 5.91 Å². The van der Waals surface area contributed by atoms with Crippen LogP contribution in [0.3, 0.4) is 0 Å². The Morgan fingerprint density at radius 2 is 1.59 bits per heavy atom. The molecular weight excluding hydrogens is 342 g/mol. The summed E-state index contributed by atoms with van der Waals surface area (Å²) >= 11 is 0. The van der Waals surface area contributed by atoms with E-state index in [4.69, 9.17) is 13.9 Å². The van der Waals surface area contributed by atoms with Crippen LogP contribution in [-0.2, 0) is 4.79 Å². The molecule has 4 rings (SSSR count). The minimum atomic E-state index is -0.226. The van der Waals surface area contributed by atoms with Crippen LogP contribution >= 0.6 is 0 Å². The lowest BCUT2D eigenvalue weighted by Gasteiger charge is -2.08. The summed E-state index contributed by atoms with van der Waals surface area (Å²) in [5.41, 5.74) is 2.32. The van der Waals surface area contributed by atoms with Crippen molar-refractivity contribution in [1.82, 2.24) is 0 Å². The molecule has 0 unspecified atom stereocenters. The van der Waals surface area contributed by atoms with Gasteiger partial charge in [-0.1, -0.05) is 18.2 Å². The van der Waals surface area contributed by atoms with Crippen molar-refractivity contribution in [3.63, 3.8) is 0 Å². The van der Waals surface area contributed by atoms with E-state index in [1.807, 2.05) is 61.5 Å². The van der Waals surface area contributed by atoms with E-state index in [9.17, 15) is 4.79 Å². The van der Waals surface area contributed by atoms with E-state index in [-0.39, 0.29) is 12.5 Å². The molecule has 0 atom stereocenters. The van der Waals surface area contributed by atoms with Gasteiger partial charge in [-0.2, -0.15) is 0 Å². The number of carbonyl (C=O) groups excluding carboxylic acids is 1. The lowest BCUT2D eigenvalue weighted by molar-refractivity contribution is -0.118. The van der Waals surface area contributed by atoms with Crippen molar-refractivity contribution in [3.05, 3.63) is 66.7 Å². The van der Waals surface area contributed by atoms with Gasteiger partial charge in [0.1, 0.15) is 22.7 Å². The Balaban J connectivity index is 1.42.